The predicted octanol–water partition coefficient (Wildman–Crippen LogP) is 0.199. The van der Waals surface area contributed by atoms with Crippen LogP contribution < -0.4 is 26.7 Å². The molecule has 0 unspecified atom stereocenters. The Morgan fingerprint density at radius 3 is 2.77 bits per heavy atom. The van der Waals surface area contributed by atoms with E-state index >= 15 is 0 Å². The maximum atomic E-state index is 11.7. The highest BCUT2D eigenvalue weighted by Gasteiger charge is 2.04. The third-order valence-corrected chi connectivity index (χ3v) is 3.18. The van der Waals surface area contributed by atoms with Crippen LogP contribution in [0.4, 0.5) is 5.82 Å². The average Bonchev–Trinajstić information content (AvgIpc) is 2.62. The van der Waals surface area contributed by atoms with Crippen molar-refractivity contribution in [3.63, 3.8) is 0 Å². The number of nitrogens with one attached hydrogen (secondary N) is 4. The lowest BCUT2D eigenvalue weighted by molar-refractivity contribution is -0.119. The molecule has 26 heavy (non-hydrogen) atoms. The third kappa shape index (κ3) is 6.23. The van der Waals surface area contributed by atoms with Gasteiger partial charge in [0, 0.05) is 0 Å². The van der Waals surface area contributed by atoms with Gasteiger partial charge in [0.1, 0.15) is 5.75 Å². The summed E-state index contributed by atoms with van der Waals surface area (Å²) in [5, 5.41) is 11.9. The molecule has 0 bridgehead atoms. The minimum Gasteiger partial charge on any atom is -0.494 e. The molecule has 0 saturated heterocycles. The van der Waals surface area contributed by atoms with Crippen LogP contribution in [0.25, 0.3) is 0 Å². The van der Waals surface area contributed by atoms with Gasteiger partial charge in [-0.1, -0.05) is 13.3 Å². The molecule has 4 N–H and O–H groups in total. The molecule has 0 radical (unpaired) electrons. The highest BCUT2D eigenvalue weighted by molar-refractivity contribution is 5.84. The number of nitrogens with zero attached hydrogens (tertiary/aromatic N) is 2. The number of rotatable bonds is 9. The molecule has 2 rings (SSSR count). The molecule has 2 aromatic rings. The summed E-state index contributed by atoms with van der Waals surface area (Å²) in [6.07, 6.45) is 3.56. The average molecular weight is 360 g/mol. The van der Waals surface area contributed by atoms with Crippen molar-refractivity contribution < 1.29 is 9.53 Å². The van der Waals surface area contributed by atoms with Crippen LogP contribution in [0.2, 0.25) is 0 Å². The topological polar surface area (TPSA) is 141 Å². The van der Waals surface area contributed by atoms with Gasteiger partial charge >= 0.3 is 5.69 Å². The van der Waals surface area contributed by atoms with Crippen LogP contribution in [0, 0.1) is 0 Å². The molecule has 138 valence electrons. The van der Waals surface area contributed by atoms with E-state index in [1.165, 1.54) is 6.21 Å². The van der Waals surface area contributed by atoms with Gasteiger partial charge in [0.25, 0.3) is 11.5 Å². The van der Waals surface area contributed by atoms with Gasteiger partial charge in [-0.25, -0.2) is 15.3 Å². The van der Waals surface area contributed by atoms with Crippen LogP contribution in [0.5, 0.6) is 5.75 Å². The molecule has 0 atom stereocenters. The molecule has 1 aromatic carbocycles. The monoisotopic (exact) mass is 360 g/mol. The van der Waals surface area contributed by atoms with Crippen LogP contribution in [-0.2, 0) is 4.79 Å². The van der Waals surface area contributed by atoms with Gasteiger partial charge in [0.05, 0.1) is 19.4 Å². The van der Waals surface area contributed by atoms with E-state index in [1.54, 1.807) is 0 Å². The van der Waals surface area contributed by atoms with E-state index in [0.29, 0.717) is 6.61 Å². The number of amides is 1. The number of anilines is 1. The maximum absolute atomic E-state index is 11.7. The van der Waals surface area contributed by atoms with E-state index in [9.17, 15) is 14.4 Å². The van der Waals surface area contributed by atoms with Crippen molar-refractivity contribution in [2.45, 2.75) is 19.8 Å². The van der Waals surface area contributed by atoms with Gasteiger partial charge in [0.2, 0.25) is 5.82 Å². The van der Waals surface area contributed by atoms with Crippen molar-refractivity contribution in [1.82, 2.24) is 20.6 Å². The number of aromatic nitrogens is 3. The van der Waals surface area contributed by atoms with E-state index in [1.807, 2.05) is 29.2 Å². The number of benzene rings is 1. The van der Waals surface area contributed by atoms with Gasteiger partial charge in [-0.05, 0) is 36.2 Å². The van der Waals surface area contributed by atoms with Crippen molar-refractivity contribution >= 4 is 17.9 Å². The lowest BCUT2D eigenvalue weighted by atomic mass is 10.2. The van der Waals surface area contributed by atoms with Gasteiger partial charge < -0.3 is 10.1 Å². The molecule has 1 amide bonds. The Balaban J connectivity index is 1.77. The summed E-state index contributed by atoms with van der Waals surface area (Å²) in [5.41, 5.74) is 1.66. The Labute approximate surface area is 148 Å². The number of aromatic amines is 2. The molecular weight excluding hydrogens is 340 g/mol. The second kappa shape index (κ2) is 9.77. The molecule has 0 spiro atoms. The number of hydrogen-bond donors (Lipinski definition) is 4. The number of hydrazone groups is 1. The molecule has 0 aliphatic carbocycles. The van der Waals surface area contributed by atoms with E-state index in [-0.39, 0.29) is 12.4 Å². The van der Waals surface area contributed by atoms with Crippen LogP contribution in [-0.4, -0.2) is 40.5 Å². The van der Waals surface area contributed by atoms with Crippen molar-refractivity contribution in [3.05, 3.63) is 50.7 Å². The second-order valence-corrected chi connectivity index (χ2v) is 5.27. The molecule has 0 saturated carbocycles. The molecule has 0 aliphatic heterocycles. The number of unbranched alkanes of at least 4 members (excludes halogenated alkanes) is 1. The normalized spacial score (nSPS) is 10.7. The Morgan fingerprint density at radius 1 is 1.31 bits per heavy atom. The molecular formula is C16H20N6O4. The third-order valence-electron chi connectivity index (χ3n) is 3.18. The molecule has 0 aliphatic rings. The minimum absolute atomic E-state index is 0.164. The van der Waals surface area contributed by atoms with Crippen molar-refractivity contribution in [2.24, 2.45) is 5.10 Å². The summed E-state index contributed by atoms with van der Waals surface area (Å²) < 4.78 is 5.56. The summed E-state index contributed by atoms with van der Waals surface area (Å²) in [6, 6.07) is 7.29. The summed E-state index contributed by atoms with van der Waals surface area (Å²) in [6.45, 7) is 2.55. The highest BCUT2D eigenvalue weighted by atomic mass is 16.5. The van der Waals surface area contributed by atoms with Gasteiger partial charge in [-0.3, -0.25) is 14.6 Å². The maximum Gasteiger partial charge on any atom is 0.342 e. The fourth-order valence-corrected chi connectivity index (χ4v) is 1.83. The van der Waals surface area contributed by atoms with Crippen LogP contribution in [0.1, 0.15) is 25.3 Å². The zero-order valence-corrected chi connectivity index (χ0v) is 14.2. The predicted molar refractivity (Wildman–Crippen MR) is 96.5 cm³/mol. The first kappa shape index (κ1) is 18.9. The molecule has 0 fully saturated rings. The SMILES string of the molecule is CCCCOc1ccc(C=NNC(=O)CNc2n[nH]c(=O)[nH]c2=O)cc1. The summed E-state index contributed by atoms with van der Waals surface area (Å²) in [5.74, 6) is 0.137. The zero-order chi connectivity index (χ0) is 18.8. The van der Waals surface area contributed by atoms with Gasteiger partial charge in [0.15, 0.2) is 0 Å². The molecule has 10 nitrogen and oxygen atoms in total. The number of H-pyrrole nitrogens is 2. The second-order valence-electron chi connectivity index (χ2n) is 5.27. The fraction of sp³-hybridized carbons (Fsp3) is 0.312. The van der Waals surface area contributed by atoms with Crippen molar-refractivity contribution in [2.75, 3.05) is 18.5 Å². The van der Waals surface area contributed by atoms with E-state index in [0.717, 1.165) is 24.2 Å². The quantitative estimate of drug-likeness (QED) is 0.286. The zero-order valence-electron chi connectivity index (χ0n) is 14.2. The van der Waals surface area contributed by atoms with Crippen LogP contribution in [0.3, 0.4) is 0 Å². The molecule has 10 heteroatoms. The van der Waals surface area contributed by atoms with E-state index in [2.05, 4.69) is 33.0 Å². The Hall–Kier alpha value is -3.43. The van der Waals surface area contributed by atoms with Crippen molar-refractivity contribution in [1.29, 1.82) is 0 Å². The minimum atomic E-state index is -0.726. The number of carbonyl (C=O) groups excluding carboxylic acids is 1. The van der Waals surface area contributed by atoms with Gasteiger partial charge in [-0.2, -0.15) is 5.10 Å². The van der Waals surface area contributed by atoms with Crippen molar-refractivity contribution in [3.8, 4) is 5.75 Å². The Bertz CT molecular complexity index is 856. The first-order chi connectivity index (χ1) is 12.6. The first-order valence-electron chi connectivity index (χ1n) is 8.06. The molecule has 1 aromatic heterocycles. The van der Waals surface area contributed by atoms with Gasteiger partial charge in [-0.15, -0.1) is 5.10 Å². The summed E-state index contributed by atoms with van der Waals surface area (Å²) >= 11 is 0. The summed E-state index contributed by atoms with van der Waals surface area (Å²) in [4.78, 5) is 35.9. The smallest absolute Gasteiger partial charge is 0.342 e. The summed E-state index contributed by atoms with van der Waals surface area (Å²) in [7, 11) is 0. The number of carbonyl (C=O) groups is 1. The Morgan fingerprint density at radius 2 is 2.08 bits per heavy atom. The number of hydrogen-bond acceptors (Lipinski definition) is 7. The standard InChI is InChI=1S/C16H20N6O4/c1-2-3-8-26-12-6-4-11(5-7-12)9-18-20-13(23)10-17-14-15(24)19-16(25)22-21-14/h4-7,9H,2-3,8,10H2,1H3,(H,17,21)(H,20,23)(H2,19,22,24,25). The molecule has 1 heterocycles. The van der Waals surface area contributed by atoms with Crippen LogP contribution in [0.15, 0.2) is 39.0 Å². The first-order valence-corrected chi connectivity index (χ1v) is 8.06. The fourth-order valence-electron chi connectivity index (χ4n) is 1.83. The van der Waals surface area contributed by atoms with E-state index < -0.39 is 17.2 Å². The lowest BCUT2D eigenvalue weighted by Gasteiger charge is -2.05. The lowest BCUT2D eigenvalue weighted by Crippen LogP contribution is -2.31. The largest absolute Gasteiger partial charge is 0.494 e. The highest BCUT2D eigenvalue weighted by Crippen LogP contribution is 2.11. The van der Waals surface area contributed by atoms with E-state index in [4.69, 9.17) is 4.74 Å². The number of ether oxygens (including phenoxy) is 1. The Kier molecular flexibility index (Phi) is 7.10. The van der Waals surface area contributed by atoms with Crippen LogP contribution >= 0.6 is 0 Å².